The van der Waals surface area contributed by atoms with Gasteiger partial charge in [-0.05, 0) is 42.3 Å². The molecule has 1 aliphatic carbocycles. The average molecular weight is 295 g/mol. The van der Waals surface area contributed by atoms with E-state index in [1.165, 1.54) is 10.4 Å². The number of benzene rings is 1. The number of aryl methyl sites for hydroxylation is 1. The molecule has 3 heteroatoms. The zero-order valence-corrected chi connectivity index (χ0v) is 12.5. The predicted molar refractivity (Wildman–Crippen MR) is 86.7 cm³/mol. The Balaban J connectivity index is 1.80. The number of rotatable bonds is 2. The highest BCUT2D eigenvalue weighted by Crippen LogP contribution is 2.43. The number of thiophene rings is 1. The third kappa shape index (κ3) is 2.17. The Morgan fingerprint density at radius 3 is 3.05 bits per heavy atom. The van der Waals surface area contributed by atoms with Gasteiger partial charge in [-0.3, -0.25) is 4.98 Å². The average Bonchev–Trinajstić information content (AvgIpc) is 3.02. The summed E-state index contributed by atoms with van der Waals surface area (Å²) in [6.45, 7) is 0. The number of aliphatic hydroxyl groups is 1. The molecule has 1 N–H and O–H groups in total. The fourth-order valence-corrected chi connectivity index (χ4v) is 4.43. The molecule has 4 rings (SSSR count). The lowest BCUT2D eigenvalue weighted by atomic mass is 9.81. The summed E-state index contributed by atoms with van der Waals surface area (Å²) in [5, 5.41) is 14.2. The van der Waals surface area contributed by atoms with Gasteiger partial charge in [0.2, 0.25) is 0 Å². The van der Waals surface area contributed by atoms with E-state index in [4.69, 9.17) is 0 Å². The SMILES string of the molecule is OC(c1cccc2cccnc12)C1CCCc2sccc21. The van der Waals surface area contributed by atoms with Crippen molar-refractivity contribution in [3.05, 3.63) is 64.0 Å². The van der Waals surface area contributed by atoms with Crippen molar-refractivity contribution in [1.82, 2.24) is 4.98 Å². The maximum absolute atomic E-state index is 11.0. The minimum atomic E-state index is -0.475. The van der Waals surface area contributed by atoms with Gasteiger partial charge >= 0.3 is 0 Å². The summed E-state index contributed by atoms with van der Waals surface area (Å²) >= 11 is 1.82. The van der Waals surface area contributed by atoms with Crippen molar-refractivity contribution in [1.29, 1.82) is 0 Å². The Labute approximate surface area is 128 Å². The number of pyridine rings is 1. The van der Waals surface area contributed by atoms with Crippen LogP contribution in [0.25, 0.3) is 10.9 Å². The maximum atomic E-state index is 11.0. The second-order valence-corrected chi connectivity index (χ2v) is 6.67. The number of aliphatic hydroxyl groups excluding tert-OH is 1. The molecule has 0 radical (unpaired) electrons. The lowest BCUT2D eigenvalue weighted by Crippen LogP contribution is -2.16. The van der Waals surface area contributed by atoms with Crippen LogP contribution in [0, 0.1) is 0 Å². The molecule has 2 heterocycles. The predicted octanol–water partition coefficient (Wildman–Crippen LogP) is 4.45. The summed E-state index contributed by atoms with van der Waals surface area (Å²) < 4.78 is 0. The van der Waals surface area contributed by atoms with Crippen LogP contribution < -0.4 is 0 Å². The highest BCUT2D eigenvalue weighted by molar-refractivity contribution is 7.10. The van der Waals surface area contributed by atoms with Crippen LogP contribution in [0.3, 0.4) is 0 Å². The van der Waals surface area contributed by atoms with E-state index in [9.17, 15) is 5.11 Å². The van der Waals surface area contributed by atoms with Gasteiger partial charge in [0.1, 0.15) is 0 Å². The summed E-state index contributed by atoms with van der Waals surface area (Å²) in [5.74, 6) is 0.201. The van der Waals surface area contributed by atoms with E-state index in [2.05, 4.69) is 28.6 Å². The lowest BCUT2D eigenvalue weighted by Gasteiger charge is -2.28. The molecule has 2 nitrogen and oxygen atoms in total. The molecular weight excluding hydrogens is 278 g/mol. The number of hydrogen-bond donors (Lipinski definition) is 1. The van der Waals surface area contributed by atoms with Gasteiger partial charge in [-0.2, -0.15) is 0 Å². The van der Waals surface area contributed by atoms with E-state index in [1.807, 2.05) is 29.5 Å². The Kier molecular flexibility index (Phi) is 3.24. The first-order valence-corrected chi connectivity index (χ1v) is 8.30. The van der Waals surface area contributed by atoms with Crippen molar-refractivity contribution in [2.75, 3.05) is 0 Å². The topological polar surface area (TPSA) is 33.1 Å². The second kappa shape index (κ2) is 5.24. The van der Waals surface area contributed by atoms with E-state index >= 15 is 0 Å². The fraction of sp³-hybridized carbons (Fsp3) is 0.278. The van der Waals surface area contributed by atoms with Gasteiger partial charge in [-0.25, -0.2) is 0 Å². The van der Waals surface area contributed by atoms with Crippen LogP contribution in [-0.4, -0.2) is 10.1 Å². The van der Waals surface area contributed by atoms with Gasteiger partial charge in [0.05, 0.1) is 11.6 Å². The van der Waals surface area contributed by atoms with Crippen LogP contribution in [-0.2, 0) is 6.42 Å². The van der Waals surface area contributed by atoms with Crippen molar-refractivity contribution in [3.8, 4) is 0 Å². The zero-order chi connectivity index (χ0) is 14.2. The van der Waals surface area contributed by atoms with Gasteiger partial charge < -0.3 is 5.11 Å². The van der Waals surface area contributed by atoms with Crippen LogP contribution in [0.2, 0.25) is 0 Å². The summed E-state index contributed by atoms with van der Waals surface area (Å²) in [6, 6.07) is 12.3. The van der Waals surface area contributed by atoms with Crippen LogP contribution in [0.4, 0.5) is 0 Å². The molecule has 0 saturated heterocycles. The molecule has 3 aromatic rings. The summed E-state index contributed by atoms with van der Waals surface area (Å²) in [4.78, 5) is 5.93. The number of hydrogen-bond acceptors (Lipinski definition) is 3. The van der Waals surface area contributed by atoms with E-state index in [0.29, 0.717) is 0 Å². The third-order valence-electron chi connectivity index (χ3n) is 4.46. The Hall–Kier alpha value is -1.71. The van der Waals surface area contributed by atoms with Crippen LogP contribution in [0.5, 0.6) is 0 Å². The summed E-state index contributed by atoms with van der Waals surface area (Å²) in [5.41, 5.74) is 3.22. The van der Waals surface area contributed by atoms with Crippen molar-refractivity contribution in [2.45, 2.75) is 31.3 Å². The standard InChI is InChI=1S/C18H17NOS/c20-18(14-6-2-8-16-13(14)9-11-21-16)15-7-1-4-12-5-3-10-19-17(12)15/h1,3-5,7,9-11,14,18,20H,2,6,8H2. The second-order valence-electron chi connectivity index (χ2n) is 5.67. The van der Waals surface area contributed by atoms with Crippen LogP contribution >= 0.6 is 11.3 Å². The molecule has 0 fully saturated rings. The smallest absolute Gasteiger partial charge is 0.0879 e. The van der Waals surface area contributed by atoms with Crippen molar-refractivity contribution < 1.29 is 5.11 Å². The highest BCUT2D eigenvalue weighted by Gasteiger charge is 2.29. The molecule has 2 aromatic heterocycles. The molecular formula is C18H17NOS. The summed E-state index contributed by atoms with van der Waals surface area (Å²) in [6.07, 6.45) is 4.69. The number of fused-ring (bicyclic) bond motifs is 2. The number of nitrogens with zero attached hydrogens (tertiary/aromatic N) is 1. The minimum Gasteiger partial charge on any atom is -0.388 e. The Morgan fingerprint density at radius 2 is 2.10 bits per heavy atom. The van der Waals surface area contributed by atoms with Crippen LogP contribution in [0.15, 0.2) is 48.0 Å². The molecule has 1 aliphatic rings. The van der Waals surface area contributed by atoms with E-state index in [-0.39, 0.29) is 5.92 Å². The molecule has 1 aromatic carbocycles. The van der Waals surface area contributed by atoms with Gasteiger partial charge in [0, 0.05) is 27.9 Å². The normalized spacial score (nSPS) is 19.4. The van der Waals surface area contributed by atoms with E-state index in [0.717, 1.165) is 35.7 Å². The van der Waals surface area contributed by atoms with E-state index in [1.54, 1.807) is 6.20 Å². The van der Waals surface area contributed by atoms with Gasteiger partial charge in [0.25, 0.3) is 0 Å². The fourth-order valence-electron chi connectivity index (χ4n) is 3.43. The minimum absolute atomic E-state index is 0.201. The Morgan fingerprint density at radius 1 is 1.19 bits per heavy atom. The third-order valence-corrected chi connectivity index (χ3v) is 5.46. The van der Waals surface area contributed by atoms with Crippen molar-refractivity contribution >= 4 is 22.2 Å². The zero-order valence-electron chi connectivity index (χ0n) is 11.7. The molecule has 2 atom stereocenters. The monoisotopic (exact) mass is 295 g/mol. The first-order chi connectivity index (χ1) is 10.3. The molecule has 0 amide bonds. The summed E-state index contributed by atoms with van der Waals surface area (Å²) in [7, 11) is 0. The number of para-hydroxylation sites is 1. The molecule has 21 heavy (non-hydrogen) atoms. The molecule has 106 valence electrons. The van der Waals surface area contributed by atoms with Gasteiger partial charge in [-0.15, -0.1) is 11.3 Å². The molecule has 0 aliphatic heterocycles. The first-order valence-electron chi connectivity index (χ1n) is 7.42. The first kappa shape index (κ1) is 13.0. The largest absolute Gasteiger partial charge is 0.388 e. The highest BCUT2D eigenvalue weighted by atomic mass is 32.1. The van der Waals surface area contributed by atoms with E-state index < -0.39 is 6.10 Å². The quantitative estimate of drug-likeness (QED) is 0.757. The van der Waals surface area contributed by atoms with Gasteiger partial charge in [-0.1, -0.05) is 24.3 Å². The molecule has 0 saturated carbocycles. The maximum Gasteiger partial charge on any atom is 0.0879 e. The van der Waals surface area contributed by atoms with Crippen molar-refractivity contribution in [3.63, 3.8) is 0 Å². The molecule has 0 bridgehead atoms. The molecule has 2 unspecified atom stereocenters. The number of aromatic nitrogens is 1. The van der Waals surface area contributed by atoms with Gasteiger partial charge in [0.15, 0.2) is 0 Å². The van der Waals surface area contributed by atoms with Crippen LogP contribution in [0.1, 0.15) is 40.9 Å². The molecule has 0 spiro atoms. The van der Waals surface area contributed by atoms with Crippen molar-refractivity contribution in [2.24, 2.45) is 0 Å². The lowest BCUT2D eigenvalue weighted by molar-refractivity contribution is 0.137. The Bertz CT molecular complexity index is 774.